The lowest BCUT2D eigenvalue weighted by atomic mass is 10.2. The summed E-state index contributed by atoms with van der Waals surface area (Å²) < 4.78 is 12.5. The van der Waals surface area contributed by atoms with Crippen molar-refractivity contribution in [3.8, 4) is 11.5 Å². The van der Waals surface area contributed by atoms with E-state index in [2.05, 4.69) is 10.3 Å². The van der Waals surface area contributed by atoms with E-state index in [1.165, 1.54) is 23.8 Å². The van der Waals surface area contributed by atoms with Gasteiger partial charge in [0.25, 0.3) is 11.5 Å². The molecule has 0 aliphatic carbocycles. The topological polar surface area (TPSA) is 81.9 Å². The number of fused-ring (bicyclic) bond motifs is 1. The summed E-state index contributed by atoms with van der Waals surface area (Å²) in [5.41, 5.74) is 1.56. The van der Waals surface area contributed by atoms with Crippen molar-refractivity contribution in [3.63, 3.8) is 0 Å². The molecule has 0 fully saturated rings. The Hall–Kier alpha value is -3.84. The molecule has 1 amide bonds. The Kier molecular flexibility index (Phi) is 5.86. The molecule has 0 saturated heterocycles. The zero-order chi connectivity index (χ0) is 21.8. The van der Waals surface area contributed by atoms with Gasteiger partial charge in [-0.2, -0.15) is 0 Å². The van der Waals surface area contributed by atoms with Crippen LogP contribution in [0.1, 0.15) is 16.1 Å². The predicted molar refractivity (Wildman–Crippen MR) is 118 cm³/mol. The minimum atomic E-state index is -0.326. The first-order valence-electron chi connectivity index (χ1n) is 9.39. The van der Waals surface area contributed by atoms with Gasteiger partial charge in [-0.15, -0.1) is 0 Å². The van der Waals surface area contributed by atoms with E-state index in [1.54, 1.807) is 60.7 Å². The molecule has 2 heterocycles. The molecule has 0 bridgehead atoms. The van der Waals surface area contributed by atoms with Crippen LogP contribution in [0.2, 0.25) is 5.02 Å². The summed E-state index contributed by atoms with van der Waals surface area (Å²) in [6, 6.07) is 18.7. The van der Waals surface area contributed by atoms with Crippen molar-refractivity contribution in [3.05, 3.63) is 99.6 Å². The second-order valence-electron chi connectivity index (χ2n) is 6.60. The van der Waals surface area contributed by atoms with E-state index >= 15 is 0 Å². The van der Waals surface area contributed by atoms with Gasteiger partial charge in [-0.1, -0.05) is 35.9 Å². The highest BCUT2D eigenvalue weighted by molar-refractivity contribution is 6.30. The maximum absolute atomic E-state index is 12.7. The number of carbonyl (C=O) groups excluding carboxylic acids is 1. The first-order chi connectivity index (χ1) is 15.0. The van der Waals surface area contributed by atoms with Crippen LogP contribution in [0, 0.1) is 0 Å². The lowest BCUT2D eigenvalue weighted by Crippen LogP contribution is -2.17. The average Bonchev–Trinajstić information content (AvgIpc) is 2.79. The molecule has 0 spiro atoms. The quantitative estimate of drug-likeness (QED) is 0.491. The lowest BCUT2D eigenvalue weighted by Gasteiger charge is -2.13. The van der Waals surface area contributed by atoms with Crippen molar-refractivity contribution in [1.82, 2.24) is 9.38 Å². The van der Waals surface area contributed by atoms with Crippen LogP contribution in [-0.2, 0) is 6.61 Å². The number of halogens is 1. The van der Waals surface area contributed by atoms with Crippen LogP contribution in [0.5, 0.6) is 11.5 Å². The SMILES string of the molecule is COc1ccccc1C(=O)Nc1ccccc1OCc1cc(=O)n2cc(Cl)ccc2n1. The number of hydrogen-bond donors (Lipinski definition) is 1. The van der Waals surface area contributed by atoms with Gasteiger partial charge in [0.15, 0.2) is 0 Å². The van der Waals surface area contributed by atoms with Crippen molar-refractivity contribution < 1.29 is 14.3 Å². The molecule has 0 unspecified atom stereocenters. The van der Waals surface area contributed by atoms with Gasteiger partial charge in [-0.05, 0) is 36.4 Å². The van der Waals surface area contributed by atoms with E-state index in [0.717, 1.165) is 0 Å². The third-order valence-electron chi connectivity index (χ3n) is 4.54. The Morgan fingerprint density at radius 1 is 1.06 bits per heavy atom. The number of carbonyl (C=O) groups is 1. The number of anilines is 1. The molecule has 31 heavy (non-hydrogen) atoms. The number of ether oxygens (including phenoxy) is 2. The van der Waals surface area contributed by atoms with Gasteiger partial charge in [0.2, 0.25) is 0 Å². The summed E-state index contributed by atoms with van der Waals surface area (Å²) in [5, 5.41) is 3.28. The molecular formula is C23H18ClN3O4. The largest absolute Gasteiger partial charge is 0.496 e. The molecule has 0 radical (unpaired) electrons. The molecule has 8 heteroatoms. The van der Waals surface area contributed by atoms with Gasteiger partial charge in [-0.25, -0.2) is 4.98 Å². The number of hydrogen-bond acceptors (Lipinski definition) is 5. The van der Waals surface area contributed by atoms with Crippen LogP contribution in [0.3, 0.4) is 0 Å². The van der Waals surface area contributed by atoms with Crippen molar-refractivity contribution in [2.24, 2.45) is 0 Å². The Labute approximate surface area is 182 Å². The number of rotatable bonds is 6. The average molecular weight is 436 g/mol. The molecule has 7 nitrogen and oxygen atoms in total. The summed E-state index contributed by atoms with van der Waals surface area (Å²) in [4.78, 5) is 29.5. The number of benzene rings is 2. The van der Waals surface area contributed by atoms with Crippen LogP contribution < -0.4 is 20.3 Å². The summed E-state index contributed by atoms with van der Waals surface area (Å²) in [5.74, 6) is 0.593. The molecule has 0 saturated carbocycles. The van der Waals surface area contributed by atoms with Crippen molar-refractivity contribution in [2.45, 2.75) is 6.61 Å². The smallest absolute Gasteiger partial charge is 0.259 e. The van der Waals surface area contributed by atoms with E-state index in [4.69, 9.17) is 21.1 Å². The monoisotopic (exact) mass is 435 g/mol. The fourth-order valence-electron chi connectivity index (χ4n) is 3.07. The standard InChI is InChI=1S/C23H18ClN3O4/c1-30-19-8-4-2-6-17(19)23(29)26-18-7-3-5-9-20(18)31-14-16-12-22(28)27-13-15(24)10-11-21(27)25-16/h2-13H,14H2,1H3,(H,26,29). The highest BCUT2D eigenvalue weighted by Gasteiger charge is 2.14. The number of amides is 1. The molecule has 0 aliphatic rings. The third kappa shape index (κ3) is 4.51. The van der Waals surface area contributed by atoms with Crippen LogP contribution >= 0.6 is 11.6 Å². The van der Waals surface area contributed by atoms with E-state index in [1.807, 2.05) is 0 Å². The van der Waals surface area contributed by atoms with Gasteiger partial charge in [0, 0.05) is 12.3 Å². The number of methoxy groups -OCH3 is 1. The van der Waals surface area contributed by atoms with Crippen molar-refractivity contribution >= 4 is 28.8 Å². The van der Waals surface area contributed by atoms with Gasteiger partial charge in [-0.3, -0.25) is 14.0 Å². The number of para-hydroxylation sites is 3. The van der Waals surface area contributed by atoms with E-state index in [9.17, 15) is 9.59 Å². The maximum atomic E-state index is 12.7. The molecular weight excluding hydrogens is 418 g/mol. The first kappa shape index (κ1) is 20.4. The van der Waals surface area contributed by atoms with E-state index in [-0.39, 0.29) is 18.1 Å². The lowest BCUT2D eigenvalue weighted by molar-refractivity contribution is 0.102. The van der Waals surface area contributed by atoms with Gasteiger partial charge < -0.3 is 14.8 Å². The maximum Gasteiger partial charge on any atom is 0.259 e. The molecule has 0 aliphatic heterocycles. The number of pyridine rings is 1. The number of aromatic nitrogens is 2. The molecule has 4 aromatic rings. The Morgan fingerprint density at radius 2 is 1.81 bits per heavy atom. The summed E-state index contributed by atoms with van der Waals surface area (Å²) in [6.45, 7) is 0.0515. The fourth-order valence-corrected chi connectivity index (χ4v) is 3.23. The Balaban J connectivity index is 1.54. The summed E-state index contributed by atoms with van der Waals surface area (Å²) >= 11 is 5.94. The molecule has 2 aromatic heterocycles. The Morgan fingerprint density at radius 3 is 2.61 bits per heavy atom. The van der Waals surface area contributed by atoms with Crippen molar-refractivity contribution in [2.75, 3.05) is 12.4 Å². The van der Waals surface area contributed by atoms with Gasteiger partial charge in [0.05, 0.1) is 29.1 Å². The van der Waals surface area contributed by atoms with Gasteiger partial charge >= 0.3 is 0 Å². The zero-order valence-electron chi connectivity index (χ0n) is 16.5. The molecule has 2 aromatic carbocycles. The molecule has 0 atom stereocenters. The van der Waals surface area contributed by atoms with E-state index < -0.39 is 0 Å². The second-order valence-corrected chi connectivity index (χ2v) is 7.04. The molecule has 4 rings (SSSR count). The van der Waals surface area contributed by atoms with Crippen LogP contribution in [0.25, 0.3) is 5.65 Å². The normalized spacial score (nSPS) is 10.6. The predicted octanol–water partition coefficient (Wildman–Crippen LogP) is 4.19. The minimum absolute atomic E-state index is 0.0515. The number of nitrogens with zero attached hydrogens (tertiary/aromatic N) is 2. The molecule has 1 N–H and O–H groups in total. The minimum Gasteiger partial charge on any atom is -0.496 e. The van der Waals surface area contributed by atoms with Crippen LogP contribution in [0.4, 0.5) is 5.69 Å². The van der Waals surface area contributed by atoms with Crippen molar-refractivity contribution in [1.29, 1.82) is 0 Å². The Bertz CT molecular complexity index is 1320. The highest BCUT2D eigenvalue weighted by atomic mass is 35.5. The van der Waals surface area contributed by atoms with Crippen LogP contribution in [0.15, 0.2) is 77.7 Å². The third-order valence-corrected chi connectivity index (χ3v) is 4.76. The fraction of sp³-hybridized carbons (Fsp3) is 0.0870. The number of nitrogens with one attached hydrogen (secondary N) is 1. The van der Waals surface area contributed by atoms with Crippen LogP contribution in [-0.4, -0.2) is 22.4 Å². The highest BCUT2D eigenvalue weighted by Crippen LogP contribution is 2.26. The second kappa shape index (κ2) is 8.89. The van der Waals surface area contributed by atoms with E-state index in [0.29, 0.717) is 39.1 Å². The molecule has 156 valence electrons. The summed E-state index contributed by atoms with van der Waals surface area (Å²) in [6.07, 6.45) is 1.51. The summed E-state index contributed by atoms with van der Waals surface area (Å²) in [7, 11) is 1.51. The first-order valence-corrected chi connectivity index (χ1v) is 9.77. The zero-order valence-corrected chi connectivity index (χ0v) is 17.3. The van der Waals surface area contributed by atoms with Gasteiger partial charge in [0.1, 0.15) is 23.8 Å².